The largest absolute Gasteiger partial charge is 0.423 e. The van der Waals surface area contributed by atoms with E-state index in [0.717, 1.165) is 29.6 Å². The molecule has 0 atom stereocenters. The van der Waals surface area contributed by atoms with Crippen LogP contribution < -0.4 is 10.5 Å². The number of terminal acetylenes is 1. The Morgan fingerprint density at radius 1 is 1.37 bits per heavy atom. The standard InChI is InChI=1S/C16H17NO2/c1-4-8-17(9-5-2)13-6-7-14-12(3)10-16(18)19-15(14)11-13/h1,6-7,10-11H,5,8-9H2,2-3H3. The SMILES string of the molecule is C#CCN(CCC)c1ccc2c(C)cc(=O)oc2c1. The Morgan fingerprint density at radius 2 is 2.16 bits per heavy atom. The van der Waals surface area contributed by atoms with Crippen molar-refractivity contribution >= 4 is 16.7 Å². The van der Waals surface area contributed by atoms with E-state index >= 15 is 0 Å². The van der Waals surface area contributed by atoms with Gasteiger partial charge in [-0.25, -0.2) is 4.79 Å². The first-order chi connectivity index (χ1) is 9.15. The molecule has 0 fully saturated rings. The van der Waals surface area contributed by atoms with Gasteiger partial charge in [-0.3, -0.25) is 0 Å². The van der Waals surface area contributed by atoms with Crippen LogP contribution in [0.5, 0.6) is 0 Å². The van der Waals surface area contributed by atoms with Crippen molar-refractivity contribution in [2.24, 2.45) is 0 Å². The maximum Gasteiger partial charge on any atom is 0.336 e. The monoisotopic (exact) mass is 255 g/mol. The second-order valence-corrected chi connectivity index (χ2v) is 4.55. The van der Waals surface area contributed by atoms with Crippen LogP contribution in [0, 0.1) is 19.3 Å². The normalized spacial score (nSPS) is 10.4. The van der Waals surface area contributed by atoms with Crippen LogP contribution in [0.3, 0.4) is 0 Å². The molecule has 1 aromatic carbocycles. The summed E-state index contributed by atoms with van der Waals surface area (Å²) >= 11 is 0. The summed E-state index contributed by atoms with van der Waals surface area (Å²) in [7, 11) is 0. The average molecular weight is 255 g/mol. The Hall–Kier alpha value is -2.21. The van der Waals surface area contributed by atoms with Crippen LogP contribution >= 0.6 is 0 Å². The molecule has 19 heavy (non-hydrogen) atoms. The highest BCUT2D eigenvalue weighted by Gasteiger charge is 2.08. The number of hydrogen-bond donors (Lipinski definition) is 0. The molecule has 1 heterocycles. The van der Waals surface area contributed by atoms with Crippen molar-refractivity contribution < 1.29 is 4.42 Å². The molecule has 0 aliphatic rings. The van der Waals surface area contributed by atoms with Crippen molar-refractivity contribution in [3.05, 3.63) is 40.2 Å². The molecular weight excluding hydrogens is 238 g/mol. The molecule has 0 aliphatic carbocycles. The fourth-order valence-corrected chi connectivity index (χ4v) is 2.19. The fourth-order valence-electron chi connectivity index (χ4n) is 2.19. The minimum Gasteiger partial charge on any atom is -0.423 e. The van der Waals surface area contributed by atoms with Crippen molar-refractivity contribution in [2.45, 2.75) is 20.3 Å². The third-order valence-corrected chi connectivity index (χ3v) is 3.08. The first-order valence-corrected chi connectivity index (χ1v) is 6.38. The molecule has 0 saturated heterocycles. The Balaban J connectivity index is 2.51. The summed E-state index contributed by atoms with van der Waals surface area (Å²) in [6, 6.07) is 7.38. The van der Waals surface area contributed by atoms with Gasteiger partial charge in [0, 0.05) is 29.8 Å². The Morgan fingerprint density at radius 3 is 2.84 bits per heavy atom. The van der Waals surface area contributed by atoms with Gasteiger partial charge in [0.1, 0.15) is 5.58 Å². The molecule has 0 radical (unpaired) electrons. The molecule has 2 aromatic rings. The van der Waals surface area contributed by atoms with Crippen molar-refractivity contribution in [2.75, 3.05) is 18.0 Å². The van der Waals surface area contributed by atoms with Crippen LogP contribution in [-0.4, -0.2) is 13.1 Å². The zero-order valence-corrected chi connectivity index (χ0v) is 11.3. The maximum atomic E-state index is 11.4. The molecule has 0 saturated carbocycles. The predicted octanol–water partition coefficient (Wildman–Crippen LogP) is 2.95. The molecular formula is C16H17NO2. The van der Waals surface area contributed by atoms with Crippen molar-refractivity contribution in [1.82, 2.24) is 0 Å². The topological polar surface area (TPSA) is 33.5 Å². The van der Waals surface area contributed by atoms with Crippen LogP contribution in [0.25, 0.3) is 11.0 Å². The Labute approximate surface area is 112 Å². The second-order valence-electron chi connectivity index (χ2n) is 4.55. The molecule has 0 amide bonds. The predicted molar refractivity (Wildman–Crippen MR) is 78.6 cm³/mol. The summed E-state index contributed by atoms with van der Waals surface area (Å²) in [5, 5.41) is 0.959. The fraction of sp³-hybridized carbons (Fsp3) is 0.312. The number of fused-ring (bicyclic) bond motifs is 1. The van der Waals surface area contributed by atoms with Gasteiger partial charge in [0.25, 0.3) is 0 Å². The number of rotatable bonds is 4. The van der Waals surface area contributed by atoms with Crippen LogP contribution in [0.15, 0.2) is 33.5 Å². The van der Waals surface area contributed by atoms with E-state index in [1.54, 1.807) is 0 Å². The second kappa shape index (κ2) is 5.62. The molecule has 98 valence electrons. The van der Waals surface area contributed by atoms with Gasteiger partial charge in [0.15, 0.2) is 0 Å². The number of nitrogens with zero attached hydrogens (tertiary/aromatic N) is 1. The van der Waals surface area contributed by atoms with E-state index in [2.05, 4.69) is 17.7 Å². The lowest BCUT2D eigenvalue weighted by Gasteiger charge is -2.21. The summed E-state index contributed by atoms with van der Waals surface area (Å²) < 4.78 is 5.26. The summed E-state index contributed by atoms with van der Waals surface area (Å²) in [6.45, 7) is 5.44. The number of anilines is 1. The molecule has 3 heteroatoms. The highest BCUT2D eigenvalue weighted by Crippen LogP contribution is 2.23. The average Bonchev–Trinajstić information content (AvgIpc) is 2.37. The first-order valence-electron chi connectivity index (χ1n) is 6.38. The summed E-state index contributed by atoms with van der Waals surface area (Å²) in [5.74, 6) is 2.66. The lowest BCUT2D eigenvalue weighted by molar-refractivity contribution is 0.559. The van der Waals surface area contributed by atoms with Crippen LogP contribution in [0.2, 0.25) is 0 Å². The summed E-state index contributed by atoms with van der Waals surface area (Å²) in [4.78, 5) is 13.5. The van der Waals surface area contributed by atoms with Crippen molar-refractivity contribution in [3.63, 3.8) is 0 Å². The van der Waals surface area contributed by atoms with Gasteiger partial charge < -0.3 is 9.32 Å². The van der Waals surface area contributed by atoms with Gasteiger partial charge in [-0.05, 0) is 31.0 Å². The lowest BCUT2D eigenvalue weighted by atomic mass is 10.1. The third-order valence-electron chi connectivity index (χ3n) is 3.08. The first kappa shape index (κ1) is 13.2. The van der Waals surface area contributed by atoms with Gasteiger partial charge in [0.2, 0.25) is 0 Å². The quantitative estimate of drug-likeness (QED) is 0.622. The molecule has 0 spiro atoms. The number of benzene rings is 1. The molecule has 0 unspecified atom stereocenters. The van der Waals surface area contributed by atoms with E-state index < -0.39 is 0 Å². The van der Waals surface area contributed by atoms with Gasteiger partial charge in [-0.1, -0.05) is 12.8 Å². The Kier molecular flexibility index (Phi) is 3.91. The van der Waals surface area contributed by atoms with E-state index in [9.17, 15) is 4.79 Å². The van der Waals surface area contributed by atoms with Crippen molar-refractivity contribution in [1.29, 1.82) is 0 Å². The van der Waals surface area contributed by atoms with E-state index in [1.165, 1.54) is 6.07 Å². The smallest absolute Gasteiger partial charge is 0.336 e. The minimum absolute atomic E-state index is 0.318. The van der Waals surface area contributed by atoms with E-state index in [4.69, 9.17) is 10.8 Å². The van der Waals surface area contributed by atoms with Gasteiger partial charge in [-0.15, -0.1) is 6.42 Å². The highest BCUT2D eigenvalue weighted by molar-refractivity contribution is 5.83. The molecule has 3 nitrogen and oxygen atoms in total. The molecule has 0 N–H and O–H groups in total. The summed E-state index contributed by atoms with van der Waals surface area (Å²) in [5.41, 5.74) is 2.21. The number of hydrogen-bond acceptors (Lipinski definition) is 3. The zero-order chi connectivity index (χ0) is 13.8. The van der Waals surface area contributed by atoms with Crippen LogP contribution in [0.1, 0.15) is 18.9 Å². The van der Waals surface area contributed by atoms with Crippen molar-refractivity contribution in [3.8, 4) is 12.3 Å². The minimum atomic E-state index is -0.318. The van der Waals surface area contributed by atoms with Crippen LogP contribution in [0.4, 0.5) is 5.69 Å². The molecule has 1 aromatic heterocycles. The number of aryl methyl sites for hydroxylation is 1. The van der Waals surface area contributed by atoms with E-state index in [1.807, 2.05) is 25.1 Å². The van der Waals surface area contributed by atoms with Gasteiger partial charge in [0.05, 0.1) is 6.54 Å². The zero-order valence-electron chi connectivity index (χ0n) is 11.3. The highest BCUT2D eigenvalue weighted by atomic mass is 16.4. The summed E-state index contributed by atoms with van der Waals surface area (Å²) in [6.07, 6.45) is 6.40. The van der Waals surface area contributed by atoms with Gasteiger partial charge >= 0.3 is 5.63 Å². The molecule has 2 rings (SSSR count). The lowest BCUT2D eigenvalue weighted by Crippen LogP contribution is -2.24. The maximum absolute atomic E-state index is 11.4. The third kappa shape index (κ3) is 2.79. The Bertz CT molecular complexity index is 679. The van der Waals surface area contributed by atoms with E-state index in [-0.39, 0.29) is 5.63 Å². The van der Waals surface area contributed by atoms with Gasteiger partial charge in [-0.2, -0.15) is 0 Å². The molecule has 0 aliphatic heterocycles. The van der Waals surface area contributed by atoms with E-state index in [0.29, 0.717) is 12.1 Å². The molecule has 0 bridgehead atoms. The van der Waals surface area contributed by atoms with Crippen LogP contribution in [-0.2, 0) is 0 Å².